The summed E-state index contributed by atoms with van der Waals surface area (Å²) in [5.41, 5.74) is 0.399. The molecule has 0 radical (unpaired) electrons. The van der Waals surface area contributed by atoms with Crippen LogP contribution in [0.15, 0.2) is 30.0 Å². The lowest BCUT2D eigenvalue weighted by Crippen LogP contribution is -2.20. The molecule has 0 saturated carbocycles. The first-order chi connectivity index (χ1) is 11.0. The molecule has 0 saturated heterocycles. The number of carbonyl (C=O) groups is 1. The molecule has 1 rings (SSSR count). The average molecular weight is 337 g/mol. The Bertz CT molecular complexity index is 609. The highest BCUT2D eigenvalue weighted by Gasteiger charge is 2.12. The van der Waals surface area contributed by atoms with E-state index in [9.17, 15) is 4.79 Å². The van der Waals surface area contributed by atoms with Crippen LogP contribution in [0.3, 0.4) is 0 Å². The molecule has 0 fully saturated rings. The summed E-state index contributed by atoms with van der Waals surface area (Å²) < 4.78 is 5.15. The number of amides is 1. The van der Waals surface area contributed by atoms with Crippen molar-refractivity contribution in [2.45, 2.75) is 6.42 Å². The van der Waals surface area contributed by atoms with Crippen LogP contribution < -0.4 is 15.4 Å². The van der Waals surface area contributed by atoms with Crippen molar-refractivity contribution >= 4 is 23.2 Å². The maximum Gasteiger partial charge on any atom is 0.267 e. The van der Waals surface area contributed by atoms with E-state index in [1.165, 1.54) is 13.3 Å². The maximum atomic E-state index is 12.1. The number of nitriles is 1. The van der Waals surface area contributed by atoms with Gasteiger partial charge >= 0.3 is 0 Å². The summed E-state index contributed by atoms with van der Waals surface area (Å²) in [6, 6.07) is 6.75. The van der Waals surface area contributed by atoms with Gasteiger partial charge in [-0.2, -0.15) is 5.26 Å². The lowest BCUT2D eigenvalue weighted by molar-refractivity contribution is -0.112. The highest BCUT2D eigenvalue weighted by molar-refractivity contribution is 6.31. The van der Waals surface area contributed by atoms with Crippen LogP contribution in [-0.2, 0) is 4.79 Å². The molecule has 0 spiro atoms. The van der Waals surface area contributed by atoms with Crippen molar-refractivity contribution in [3.8, 4) is 11.8 Å². The van der Waals surface area contributed by atoms with Gasteiger partial charge in [-0.05, 0) is 45.3 Å². The van der Waals surface area contributed by atoms with Crippen LogP contribution in [0.25, 0.3) is 0 Å². The largest absolute Gasteiger partial charge is 0.495 e. The van der Waals surface area contributed by atoms with E-state index in [0.29, 0.717) is 23.0 Å². The van der Waals surface area contributed by atoms with E-state index in [1.54, 1.807) is 18.2 Å². The molecule has 0 aliphatic heterocycles. The number of nitrogens with one attached hydrogen (secondary N) is 2. The molecule has 0 aliphatic rings. The van der Waals surface area contributed by atoms with Crippen LogP contribution in [0, 0.1) is 11.3 Å². The molecule has 0 bridgehead atoms. The molecule has 0 heterocycles. The van der Waals surface area contributed by atoms with Gasteiger partial charge in [-0.1, -0.05) is 11.6 Å². The number of carbonyl (C=O) groups excluding carboxylic acids is 1. The second kappa shape index (κ2) is 9.72. The Labute approximate surface area is 141 Å². The van der Waals surface area contributed by atoms with E-state index in [0.717, 1.165) is 13.0 Å². The molecule has 124 valence electrons. The van der Waals surface area contributed by atoms with Gasteiger partial charge in [-0.25, -0.2) is 0 Å². The number of halogens is 1. The molecule has 6 nitrogen and oxygen atoms in total. The fraction of sp³-hybridized carbons (Fsp3) is 0.375. The number of hydrogen-bond acceptors (Lipinski definition) is 5. The fourth-order valence-electron chi connectivity index (χ4n) is 1.79. The zero-order chi connectivity index (χ0) is 17.2. The van der Waals surface area contributed by atoms with Crippen molar-refractivity contribution < 1.29 is 9.53 Å². The Morgan fingerprint density at radius 2 is 2.22 bits per heavy atom. The van der Waals surface area contributed by atoms with Crippen molar-refractivity contribution in [3.05, 3.63) is 35.0 Å². The summed E-state index contributed by atoms with van der Waals surface area (Å²) >= 11 is 5.91. The van der Waals surface area contributed by atoms with Gasteiger partial charge in [0.1, 0.15) is 17.4 Å². The fourth-order valence-corrected chi connectivity index (χ4v) is 1.96. The number of anilines is 1. The molecule has 1 aromatic carbocycles. The summed E-state index contributed by atoms with van der Waals surface area (Å²) in [4.78, 5) is 14.2. The average Bonchev–Trinajstić information content (AvgIpc) is 2.50. The van der Waals surface area contributed by atoms with E-state index in [1.807, 2.05) is 20.2 Å². The van der Waals surface area contributed by atoms with Crippen LogP contribution in [0.5, 0.6) is 5.75 Å². The topological polar surface area (TPSA) is 77.4 Å². The molecule has 2 N–H and O–H groups in total. The van der Waals surface area contributed by atoms with Gasteiger partial charge in [-0.3, -0.25) is 4.79 Å². The van der Waals surface area contributed by atoms with Crippen LogP contribution in [-0.4, -0.2) is 45.1 Å². The Morgan fingerprint density at radius 1 is 1.48 bits per heavy atom. The van der Waals surface area contributed by atoms with Crippen molar-refractivity contribution in [2.24, 2.45) is 0 Å². The molecule has 1 amide bonds. The van der Waals surface area contributed by atoms with Gasteiger partial charge in [0.25, 0.3) is 5.91 Å². The van der Waals surface area contributed by atoms with Crippen LogP contribution >= 0.6 is 11.6 Å². The molecule has 0 atom stereocenters. The van der Waals surface area contributed by atoms with Gasteiger partial charge in [0.2, 0.25) is 0 Å². The van der Waals surface area contributed by atoms with Gasteiger partial charge < -0.3 is 20.3 Å². The highest BCUT2D eigenvalue weighted by atomic mass is 35.5. The van der Waals surface area contributed by atoms with Crippen LogP contribution in [0.1, 0.15) is 6.42 Å². The van der Waals surface area contributed by atoms with Crippen LogP contribution in [0.4, 0.5) is 5.69 Å². The predicted molar refractivity (Wildman–Crippen MR) is 91.5 cm³/mol. The molecule has 0 aromatic heterocycles. The molecular weight excluding hydrogens is 316 g/mol. The standard InChI is InChI=1S/C16H21ClN4O2/c1-21(2)8-4-7-19-11-12(10-18)16(22)20-14-9-13(17)5-6-15(14)23-3/h5-6,9,11,19H,4,7-8H2,1-3H3,(H,20,22)/b12-11-. The molecule has 1 aromatic rings. The lowest BCUT2D eigenvalue weighted by Gasteiger charge is -2.11. The van der Waals surface area contributed by atoms with Gasteiger partial charge in [0.05, 0.1) is 12.8 Å². The van der Waals surface area contributed by atoms with Crippen molar-refractivity contribution in [3.63, 3.8) is 0 Å². The van der Waals surface area contributed by atoms with E-state index in [4.69, 9.17) is 21.6 Å². The highest BCUT2D eigenvalue weighted by Crippen LogP contribution is 2.27. The minimum atomic E-state index is -0.520. The Balaban J connectivity index is 2.67. The number of ether oxygens (including phenoxy) is 1. The van der Waals surface area contributed by atoms with E-state index in [-0.39, 0.29) is 5.57 Å². The number of benzene rings is 1. The Kier molecular flexibility index (Phi) is 7.95. The molecule has 0 aliphatic carbocycles. The number of hydrogen-bond donors (Lipinski definition) is 2. The maximum absolute atomic E-state index is 12.1. The number of rotatable bonds is 8. The third kappa shape index (κ3) is 6.59. The minimum absolute atomic E-state index is 0.0168. The third-order valence-electron chi connectivity index (χ3n) is 2.95. The smallest absolute Gasteiger partial charge is 0.267 e. The first-order valence-electron chi connectivity index (χ1n) is 7.11. The zero-order valence-electron chi connectivity index (χ0n) is 13.5. The summed E-state index contributed by atoms with van der Waals surface area (Å²) in [6.07, 6.45) is 2.33. The molecule has 0 unspecified atom stereocenters. The summed E-state index contributed by atoms with van der Waals surface area (Å²) in [6.45, 7) is 1.60. The van der Waals surface area contributed by atoms with Gasteiger partial charge in [0.15, 0.2) is 0 Å². The van der Waals surface area contributed by atoms with E-state index >= 15 is 0 Å². The number of methoxy groups -OCH3 is 1. The Hall–Kier alpha value is -2.23. The van der Waals surface area contributed by atoms with Crippen molar-refractivity contribution in [1.29, 1.82) is 5.26 Å². The lowest BCUT2D eigenvalue weighted by atomic mass is 10.2. The van der Waals surface area contributed by atoms with Gasteiger partial charge in [0, 0.05) is 17.8 Å². The first-order valence-corrected chi connectivity index (χ1v) is 7.49. The second-order valence-electron chi connectivity index (χ2n) is 5.08. The predicted octanol–water partition coefficient (Wildman–Crippen LogP) is 2.24. The summed E-state index contributed by atoms with van der Waals surface area (Å²) in [5.74, 6) is -0.0489. The van der Waals surface area contributed by atoms with E-state index < -0.39 is 5.91 Å². The quantitative estimate of drug-likeness (QED) is 0.432. The van der Waals surface area contributed by atoms with Crippen molar-refractivity contribution in [2.75, 3.05) is 39.6 Å². The summed E-state index contributed by atoms with van der Waals surface area (Å²) in [5, 5.41) is 15.2. The van der Waals surface area contributed by atoms with Crippen molar-refractivity contribution in [1.82, 2.24) is 10.2 Å². The minimum Gasteiger partial charge on any atom is -0.495 e. The summed E-state index contributed by atoms with van der Waals surface area (Å²) in [7, 11) is 5.47. The monoisotopic (exact) mass is 336 g/mol. The normalized spacial score (nSPS) is 11.0. The van der Waals surface area contributed by atoms with Gasteiger partial charge in [-0.15, -0.1) is 0 Å². The molecule has 23 heavy (non-hydrogen) atoms. The Morgan fingerprint density at radius 3 is 2.83 bits per heavy atom. The third-order valence-corrected chi connectivity index (χ3v) is 3.18. The first kappa shape index (κ1) is 18.8. The molecule has 7 heteroatoms. The SMILES string of the molecule is COc1ccc(Cl)cc1NC(=O)/C(C#N)=C\NCCCN(C)C. The number of nitrogens with zero attached hydrogens (tertiary/aromatic N) is 2. The second-order valence-corrected chi connectivity index (χ2v) is 5.52. The molecular formula is C16H21ClN4O2. The zero-order valence-corrected chi connectivity index (χ0v) is 14.3. The van der Waals surface area contributed by atoms with Crippen LogP contribution in [0.2, 0.25) is 5.02 Å². The van der Waals surface area contributed by atoms with E-state index in [2.05, 4.69) is 15.5 Å².